The summed E-state index contributed by atoms with van der Waals surface area (Å²) < 4.78 is 0. The Hall–Kier alpha value is -4.16. The molecule has 7 rings (SSSR count). The molecule has 6 aromatic rings. The first-order valence-electron chi connectivity index (χ1n) is 11.1. The second-order valence-corrected chi connectivity index (χ2v) is 8.48. The lowest BCUT2D eigenvalue weighted by Crippen LogP contribution is -1.91. The molecule has 148 valence electrons. The van der Waals surface area contributed by atoms with E-state index in [2.05, 4.69) is 121 Å². The van der Waals surface area contributed by atoms with E-state index in [0.717, 1.165) is 0 Å². The highest BCUT2D eigenvalue weighted by molar-refractivity contribution is 6.29. The predicted molar refractivity (Wildman–Crippen MR) is 137 cm³/mol. The third-order valence-corrected chi connectivity index (χ3v) is 6.82. The first-order chi connectivity index (χ1) is 15.9. The van der Waals surface area contributed by atoms with E-state index in [1.165, 1.54) is 66.1 Å². The third-order valence-electron chi connectivity index (χ3n) is 6.82. The van der Waals surface area contributed by atoms with Gasteiger partial charge < -0.3 is 0 Å². The highest BCUT2D eigenvalue weighted by Crippen LogP contribution is 2.55. The van der Waals surface area contributed by atoms with Crippen molar-refractivity contribution in [1.29, 1.82) is 0 Å². The van der Waals surface area contributed by atoms with Gasteiger partial charge in [0.15, 0.2) is 0 Å². The summed E-state index contributed by atoms with van der Waals surface area (Å²) in [6.45, 7) is 0. The molecule has 0 saturated carbocycles. The Labute approximate surface area is 187 Å². The molecular weight excluding hydrogens is 384 g/mol. The lowest BCUT2D eigenvalue weighted by Gasteiger charge is -2.18. The molecule has 0 heterocycles. The number of hydrogen-bond donors (Lipinski definition) is 0. The number of fused-ring (bicyclic) bond motifs is 5. The molecule has 0 radical (unpaired) electrons. The van der Waals surface area contributed by atoms with E-state index in [-0.39, 0.29) is 0 Å². The second-order valence-electron chi connectivity index (χ2n) is 8.48. The number of rotatable bonds is 2. The molecule has 6 aromatic carbocycles. The van der Waals surface area contributed by atoms with Crippen molar-refractivity contribution in [3.8, 4) is 44.5 Å². The van der Waals surface area contributed by atoms with Gasteiger partial charge >= 0.3 is 0 Å². The summed E-state index contributed by atoms with van der Waals surface area (Å²) in [5.74, 6) is 0. The summed E-state index contributed by atoms with van der Waals surface area (Å²) in [6, 6.07) is 44.1. The van der Waals surface area contributed by atoms with Crippen molar-refractivity contribution < 1.29 is 0 Å². The quantitative estimate of drug-likeness (QED) is 0.252. The molecule has 0 heteroatoms. The van der Waals surface area contributed by atoms with Crippen molar-refractivity contribution in [2.45, 2.75) is 0 Å². The zero-order valence-corrected chi connectivity index (χ0v) is 17.5. The van der Waals surface area contributed by atoms with E-state index in [0.29, 0.717) is 0 Å². The van der Waals surface area contributed by atoms with Gasteiger partial charge in [-0.25, -0.2) is 0 Å². The minimum absolute atomic E-state index is 1.25. The highest BCUT2D eigenvalue weighted by atomic mass is 14.3. The molecule has 0 amide bonds. The maximum Gasteiger partial charge on any atom is -0.000764 e. The van der Waals surface area contributed by atoms with Crippen LogP contribution in [0, 0.1) is 0 Å². The van der Waals surface area contributed by atoms with Crippen LogP contribution >= 0.6 is 0 Å². The topological polar surface area (TPSA) is 0 Å². The predicted octanol–water partition coefficient (Wildman–Crippen LogP) is 8.97. The Morgan fingerprint density at radius 3 is 1.59 bits per heavy atom. The highest BCUT2D eigenvalue weighted by Gasteiger charge is 2.27. The molecule has 0 saturated heterocycles. The molecule has 0 bridgehead atoms. The van der Waals surface area contributed by atoms with E-state index in [1.807, 2.05) is 0 Å². The Bertz CT molecular complexity index is 1660. The van der Waals surface area contributed by atoms with Crippen molar-refractivity contribution in [3.05, 3.63) is 121 Å². The van der Waals surface area contributed by atoms with E-state index in [1.54, 1.807) is 0 Å². The molecule has 32 heavy (non-hydrogen) atoms. The van der Waals surface area contributed by atoms with E-state index < -0.39 is 0 Å². The molecule has 0 aromatic heterocycles. The Balaban J connectivity index is 1.72. The van der Waals surface area contributed by atoms with Crippen LogP contribution in [-0.4, -0.2) is 0 Å². The van der Waals surface area contributed by atoms with Crippen LogP contribution in [0.25, 0.3) is 66.1 Å². The van der Waals surface area contributed by atoms with E-state index in [9.17, 15) is 0 Å². The molecule has 0 aliphatic heterocycles. The summed E-state index contributed by atoms with van der Waals surface area (Å²) in [4.78, 5) is 0. The van der Waals surface area contributed by atoms with Gasteiger partial charge in [0.05, 0.1) is 0 Å². The van der Waals surface area contributed by atoms with Crippen LogP contribution in [0.4, 0.5) is 0 Å². The van der Waals surface area contributed by atoms with Crippen LogP contribution in [0.3, 0.4) is 0 Å². The van der Waals surface area contributed by atoms with Gasteiger partial charge in [-0.05, 0) is 66.1 Å². The van der Waals surface area contributed by atoms with Crippen LogP contribution in [0.1, 0.15) is 0 Å². The fraction of sp³-hybridized carbons (Fsp3) is 0. The monoisotopic (exact) mass is 404 g/mol. The summed E-state index contributed by atoms with van der Waals surface area (Å²) in [5, 5.41) is 5.35. The molecule has 0 atom stereocenters. The van der Waals surface area contributed by atoms with Crippen molar-refractivity contribution >= 4 is 21.5 Å². The minimum Gasteiger partial charge on any atom is -0.0622 e. The third kappa shape index (κ3) is 2.32. The molecule has 0 unspecified atom stereocenters. The Morgan fingerprint density at radius 2 is 0.812 bits per heavy atom. The summed E-state index contributed by atoms with van der Waals surface area (Å²) in [7, 11) is 0. The smallest absolute Gasteiger partial charge is 0.000764 e. The molecule has 0 N–H and O–H groups in total. The molecule has 1 aliphatic rings. The van der Waals surface area contributed by atoms with Crippen molar-refractivity contribution in [1.82, 2.24) is 0 Å². The molecule has 0 fully saturated rings. The Morgan fingerprint density at radius 1 is 0.281 bits per heavy atom. The fourth-order valence-corrected chi connectivity index (χ4v) is 5.52. The standard InChI is InChI=1S/C32H20/c1-2-11-21(12-3-1)22-13-4-7-16-25(22)30-26-17-8-5-14-23(26)27-19-10-20-28-24-15-6-9-18-29(24)32(30)31(27)28/h1-20H. The van der Waals surface area contributed by atoms with Gasteiger partial charge in [-0.2, -0.15) is 0 Å². The van der Waals surface area contributed by atoms with Gasteiger partial charge in [0, 0.05) is 0 Å². The lowest BCUT2D eigenvalue weighted by atomic mass is 9.84. The summed E-state index contributed by atoms with van der Waals surface area (Å²) >= 11 is 0. The van der Waals surface area contributed by atoms with Crippen molar-refractivity contribution in [3.63, 3.8) is 0 Å². The average Bonchev–Trinajstić information content (AvgIpc) is 3.21. The zero-order chi connectivity index (χ0) is 21.1. The molecule has 1 aliphatic carbocycles. The lowest BCUT2D eigenvalue weighted by molar-refractivity contribution is 1.60. The van der Waals surface area contributed by atoms with Crippen LogP contribution in [-0.2, 0) is 0 Å². The van der Waals surface area contributed by atoms with Crippen LogP contribution in [0.2, 0.25) is 0 Å². The van der Waals surface area contributed by atoms with Gasteiger partial charge in [-0.1, -0.05) is 121 Å². The van der Waals surface area contributed by atoms with Crippen LogP contribution in [0.15, 0.2) is 121 Å². The van der Waals surface area contributed by atoms with Crippen molar-refractivity contribution in [2.24, 2.45) is 0 Å². The maximum absolute atomic E-state index is 2.29. The van der Waals surface area contributed by atoms with Gasteiger partial charge in [0.1, 0.15) is 0 Å². The number of hydrogen-bond acceptors (Lipinski definition) is 0. The molecule has 0 nitrogen and oxygen atoms in total. The average molecular weight is 405 g/mol. The summed E-state index contributed by atoms with van der Waals surface area (Å²) in [5.41, 5.74) is 10.5. The van der Waals surface area contributed by atoms with E-state index >= 15 is 0 Å². The van der Waals surface area contributed by atoms with Gasteiger partial charge in [-0.3, -0.25) is 0 Å². The van der Waals surface area contributed by atoms with Gasteiger partial charge in [-0.15, -0.1) is 0 Å². The first kappa shape index (κ1) is 17.5. The van der Waals surface area contributed by atoms with Gasteiger partial charge in [0.2, 0.25) is 0 Å². The fourth-order valence-electron chi connectivity index (χ4n) is 5.52. The largest absolute Gasteiger partial charge is 0.0622 e. The summed E-state index contributed by atoms with van der Waals surface area (Å²) in [6.07, 6.45) is 0. The normalized spacial score (nSPS) is 11.8. The maximum atomic E-state index is 2.29. The van der Waals surface area contributed by atoms with Crippen molar-refractivity contribution in [2.75, 3.05) is 0 Å². The zero-order valence-electron chi connectivity index (χ0n) is 17.5. The minimum atomic E-state index is 1.25. The van der Waals surface area contributed by atoms with Crippen LogP contribution in [0.5, 0.6) is 0 Å². The number of benzene rings is 6. The molecular formula is C32H20. The molecule has 0 spiro atoms. The second kappa shape index (κ2) is 6.67. The Kier molecular flexibility index (Phi) is 3.65. The van der Waals surface area contributed by atoms with Gasteiger partial charge in [0.25, 0.3) is 0 Å². The van der Waals surface area contributed by atoms with Crippen LogP contribution < -0.4 is 0 Å². The van der Waals surface area contributed by atoms with E-state index in [4.69, 9.17) is 0 Å². The SMILES string of the molecule is c1ccc(-c2ccccc2-c2c3c4c(cccc4c4ccccc24)-c2ccccc2-3)cc1. The first-order valence-corrected chi connectivity index (χ1v) is 11.1.